The van der Waals surface area contributed by atoms with Crippen molar-refractivity contribution in [1.29, 1.82) is 5.41 Å². The number of likely N-dealkylation sites (tertiary alicyclic amines) is 1. The summed E-state index contributed by atoms with van der Waals surface area (Å²) in [5.74, 6) is -1.18. The molecule has 0 aromatic heterocycles. The lowest BCUT2D eigenvalue weighted by Crippen LogP contribution is -2.57. The van der Waals surface area contributed by atoms with Gasteiger partial charge in [-0.2, -0.15) is 0 Å². The lowest BCUT2D eigenvalue weighted by atomic mass is 9.87. The number of hydrogen-bond acceptors (Lipinski definition) is 8. The topological polar surface area (TPSA) is 143 Å². The van der Waals surface area contributed by atoms with Gasteiger partial charge in [0, 0.05) is 56.6 Å². The molecule has 0 amide bonds. The minimum atomic E-state index is -0.827. The molecule has 1 aromatic carbocycles. The minimum Gasteiger partial charge on any atom is -0.508 e. The van der Waals surface area contributed by atoms with Crippen LogP contribution in [-0.2, 0) is 14.3 Å². The Labute approximate surface area is 188 Å². The molecule has 2 heterocycles. The molecule has 0 bridgehead atoms. The van der Waals surface area contributed by atoms with E-state index in [4.69, 9.17) is 15.9 Å². The number of nitrogens with zero attached hydrogens (tertiary/aromatic N) is 3. The number of amidine groups is 1. The van der Waals surface area contributed by atoms with E-state index in [0.29, 0.717) is 31.8 Å². The van der Waals surface area contributed by atoms with E-state index in [2.05, 4.69) is 9.80 Å². The van der Waals surface area contributed by atoms with Gasteiger partial charge in [0.05, 0.1) is 19.6 Å². The van der Waals surface area contributed by atoms with Gasteiger partial charge in [-0.1, -0.05) is 0 Å². The second kappa shape index (κ2) is 10.6. The number of esters is 1. The fourth-order valence-corrected chi connectivity index (χ4v) is 4.84. The highest BCUT2D eigenvalue weighted by Crippen LogP contribution is 2.29. The third kappa shape index (κ3) is 5.89. The highest BCUT2D eigenvalue weighted by molar-refractivity contribution is 6.01. The molecule has 2 fully saturated rings. The van der Waals surface area contributed by atoms with Crippen LogP contribution in [0.4, 0.5) is 5.69 Å². The number of ether oxygens (including phenoxy) is 1. The zero-order valence-electron chi connectivity index (χ0n) is 18.5. The van der Waals surface area contributed by atoms with Crippen LogP contribution in [0.5, 0.6) is 5.75 Å². The molecule has 0 radical (unpaired) electrons. The van der Waals surface area contributed by atoms with Gasteiger partial charge in [-0.3, -0.25) is 24.8 Å². The standard InChI is InChI=1S/C22H33N5O5/c1-2-32-21(31)14-25-6-5-18(15(13-25)11-20(29)30)26-7-9-27(10-8-26)19-4-3-16(28)12-17(19)22(23)24/h3-4,12,15,18,28H,2,5-11,13-14H2,1H3,(H3,23,24)(H,29,30)/t15-,18+/m0/s1. The average molecular weight is 448 g/mol. The van der Waals surface area contributed by atoms with Crippen molar-refractivity contribution < 1.29 is 24.5 Å². The van der Waals surface area contributed by atoms with Crippen molar-refractivity contribution in [2.24, 2.45) is 11.7 Å². The van der Waals surface area contributed by atoms with Crippen molar-refractivity contribution in [3.8, 4) is 5.75 Å². The summed E-state index contributed by atoms with van der Waals surface area (Å²) in [6.45, 7) is 6.54. The van der Waals surface area contributed by atoms with Gasteiger partial charge in [-0.05, 0) is 37.5 Å². The van der Waals surface area contributed by atoms with E-state index in [9.17, 15) is 19.8 Å². The molecular weight excluding hydrogens is 414 g/mol. The molecule has 2 aliphatic rings. The Morgan fingerprint density at radius 1 is 1.22 bits per heavy atom. The van der Waals surface area contributed by atoms with Gasteiger partial charge in [0.1, 0.15) is 11.6 Å². The van der Waals surface area contributed by atoms with Crippen LogP contribution in [-0.4, -0.2) is 96.2 Å². The Balaban J connectivity index is 1.64. The first-order valence-electron chi connectivity index (χ1n) is 11.0. The van der Waals surface area contributed by atoms with E-state index in [1.807, 2.05) is 4.90 Å². The maximum atomic E-state index is 11.9. The van der Waals surface area contributed by atoms with Crippen LogP contribution in [0.2, 0.25) is 0 Å². The fourth-order valence-electron chi connectivity index (χ4n) is 4.84. The number of phenolic OH excluding ortho intramolecular Hbond substituents is 1. The summed E-state index contributed by atoms with van der Waals surface area (Å²) in [4.78, 5) is 29.8. The van der Waals surface area contributed by atoms with Crippen molar-refractivity contribution in [2.75, 3.05) is 57.3 Å². The number of carbonyl (C=O) groups is 2. The number of carboxylic acid groups (broad SMARTS) is 1. The van der Waals surface area contributed by atoms with Crippen LogP contribution in [0, 0.1) is 11.3 Å². The molecule has 2 atom stereocenters. The number of rotatable bonds is 8. The van der Waals surface area contributed by atoms with Crippen LogP contribution in [0.1, 0.15) is 25.3 Å². The molecular formula is C22H33N5O5. The third-order valence-electron chi connectivity index (χ3n) is 6.27. The molecule has 2 aliphatic heterocycles. The van der Waals surface area contributed by atoms with Gasteiger partial charge in [0.15, 0.2) is 0 Å². The van der Waals surface area contributed by atoms with Crippen molar-refractivity contribution in [1.82, 2.24) is 9.80 Å². The summed E-state index contributed by atoms with van der Waals surface area (Å²) in [7, 11) is 0. The predicted molar refractivity (Wildman–Crippen MR) is 120 cm³/mol. The molecule has 5 N–H and O–H groups in total. The number of hydrogen-bond donors (Lipinski definition) is 4. The number of aliphatic carboxylic acids is 1. The molecule has 32 heavy (non-hydrogen) atoms. The molecule has 0 spiro atoms. The number of piperidine rings is 1. The number of anilines is 1. The fraction of sp³-hybridized carbons (Fsp3) is 0.591. The van der Waals surface area contributed by atoms with Gasteiger partial charge in [-0.15, -0.1) is 0 Å². The van der Waals surface area contributed by atoms with Crippen molar-refractivity contribution in [3.05, 3.63) is 23.8 Å². The van der Waals surface area contributed by atoms with E-state index in [1.165, 1.54) is 6.07 Å². The second-order valence-corrected chi connectivity index (χ2v) is 8.39. The van der Waals surface area contributed by atoms with Crippen molar-refractivity contribution >= 4 is 23.5 Å². The molecule has 0 saturated carbocycles. The first-order chi connectivity index (χ1) is 15.3. The Kier molecular flexibility index (Phi) is 7.92. The average Bonchev–Trinajstić information content (AvgIpc) is 2.74. The SMILES string of the molecule is CCOC(=O)CN1CC[C@@H](N2CCN(c3ccc(O)cc3C(=N)N)CC2)[C@@H](CC(=O)O)C1. The van der Waals surface area contributed by atoms with Gasteiger partial charge in [-0.25, -0.2) is 0 Å². The summed E-state index contributed by atoms with van der Waals surface area (Å²) in [6.07, 6.45) is 0.867. The molecule has 176 valence electrons. The first-order valence-corrected chi connectivity index (χ1v) is 11.0. The maximum absolute atomic E-state index is 11.9. The minimum absolute atomic E-state index is 0.0660. The maximum Gasteiger partial charge on any atom is 0.320 e. The molecule has 10 heteroatoms. The predicted octanol–water partition coefficient (Wildman–Crippen LogP) is 0.527. The Morgan fingerprint density at radius 2 is 1.94 bits per heavy atom. The van der Waals surface area contributed by atoms with E-state index < -0.39 is 5.97 Å². The van der Waals surface area contributed by atoms with Gasteiger partial charge < -0.3 is 25.6 Å². The summed E-state index contributed by atoms with van der Waals surface area (Å²) in [5, 5.41) is 27.0. The zero-order valence-corrected chi connectivity index (χ0v) is 18.5. The van der Waals surface area contributed by atoms with E-state index in [1.54, 1.807) is 19.1 Å². The number of aromatic hydroxyl groups is 1. The Morgan fingerprint density at radius 3 is 2.56 bits per heavy atom. The lowest BCUT2D eigenvalue weighted by Gasteiger charge is -2.46. The largest absolute Gasteiger partial charge is 0.508 e. The molecule has 10 nitrogen and oxygen atoms in total. The summed E-state index contributed by atoms with van der Waals surface area (Å²) >= 11 is 0. The molecule has 1 aromatic rings. The number of carbonyl (C=O) groups excluding carboxylic acids is 1. The van der Waals surface area contributed by atoms with Gasteiger partial charge >= 0.3 is 11.9 Å². The lowest BCUT2D eigenvalue weighted by molar-refractivity contribution is -0.145. The van der Waals surface area contributed by atoms with E-state index in [0.717, 1.165) is 31.7 Å². The number of nitrogen functional groups attached to an aromatic ring is 1. The number of benzene rings is 1. The second-order valence-electron chi connectivity index (χ2n) is 8.39. The van der Waals surface area contributed by atoms with Crippen LogP contribution in [0.3, 0.4) is 0 Å². The number of carboxylic acids is 1. The summed E-state index contributed by atoms with van der Waals surface area (Å²) in [5.41, 5.74) is 7.04. The van der Waals surface area contributed by atoms with E-state index >= 15 is 0 Å². The van der Waals surface area contributed by atoms with Crippen molar-refractivity contribution in [2.45, 2.75) is 25.8 Å². The Hall–Kier alpha value is -2.85. The molecule has 0 unspecified atom stereocenters. The van der Waals surface area contributed by atoms with Gasteiger partial charge in [0.25, 0.3) is 0 Å². The zero-order chi connectivity index (χ0) is 23.3. The normalized spacial score (nSPS) is 22.5. The molecule has 3 rings (SSSR count). The van der Waals surface area contributed by atoms with Gasteiger partial charge in [0.2, 0.25) is 0 Å². The molecule has 0 aliphatic carbocycles. The smallest absolute Gasteiger partial charge is 0.320 e. The number of piperazine rings is 1. The van der Waals surface area contributed by atoms with Crippen LogP contribution in [0.15, 0.2) is 18.2 Å². The third-order valence-corrected chi connectivity index (χ3v) is 6.27. The van der Waals surface area contributed by atoms with Crippen LogP contribution < -0.4 is 10.6 Å². The first kappa shape index (κ1) is 23.8. The Bertz CT molecular complexity index is 840. The van der Waals surface area contributed by atoms with Crippen molar-refractivity contribution in [3.63, 3.8) is 0 Å². The van der Waals surface area contributed by atoms with Crippen LogP contribution >= 0.6 is 0 Å². The number of phenols is 1. The number of nitrogens with two attached hydrogens (primary N) is 1. The van der Waals surface area contributed by atoms with Crippen LogP contribution in [0.25, 0.3) is 0 Å². The highest BCUT2D eigenvalue weighted by atomic mass is 16.5. The quantitative estimate of drug-likeness (QED) is 0.255. The summed E-state index contributed by atoms with van der Waals surface area (Å²) < 4.78 is 5.04. The number of nitrogens with one attached hydrogen (secondary N) is 1. The highest BCUT2D eigenvalue weighted by Gasteiger charge is 2.36. The van der Waals surface area contributed by atoms with E-state index in [-0.39, 0.29) is 42.5 Å². The summed E-state index contributed by atoms with van der Waals surface area (Å²) in [6, 6.07) is 5.02. The monoisotopic (exact) mass is 447 g/mol. The molecule has 2 saturated heterocycles.